The summed E-state index contributed by atoms with van der Waals surface area (Å²) in [5, 5.41) is 0. The minimum atomic E-state index is 0.520. The van der Waals surface area contributed by atoms with Gasteiger partial charge in [0.2, 0.25) is 6.71 Å². The Hall–Kier alpha value is -1.50. The van der Waals surface area contributed by atoms with Crippen molar-refractivity contribution in [2.75, 3.05) is 0 Å². The summed E-state index contributed by atoms with van der Waals surface area (Å²) in [6, 6.07) is 9.35. The van der Waals surface area contributed by atoms with E-state index in [-0.39, 0.29) is 0 Å². The van der Waals surface area contributed by atoms with Crippen LogP contribution in [-0.4, -0.2) is 6.71 Å². The van der Waals surface area contributed by atoms with Gasteiger partial charge < -0.3 is 0 Å². The Balaban J connectivity index is 2.67. The smallest absolute Gasteiger partial charge is 0.0684 e. The average Bonchev–Trinajstić information content (AvgIpc) is 2.36. The van der Waals surface area contributed by atoms with Gasteiger partial charge in [-0.05, 0) is 41.5 Å². The molecular formula is C21H29B. The molecule has 0 fully saturated rings. The molecule has 0 spiro atoms. The monoisotopic (exact) mass is 292 g/mol. The molecule has 0 aliphatic heterocycles. The molecule has 0 heterocycles. The fourth-order valence-corrected chi connectivity index (χ4v) is 4.20. The molecule has 0 bridgehead atoms. The second kappa shape index (κ2) is 6.73. The van der Waals surface area contributed by atoms with Crippen LogP contribution >= 0.6 is 0 Å². The molecule has 0 aliphatic rings. The van der Waals surface area contributed by atoms with Crippen LogP contribution in [0.5, 0.6) is 0 Å². The van der Waals surface area contributed by atoms with E-state index in [1.165, 1.54) is 46.1 Å². The molecule has 0 aromatic heterocycles. The van der Waals surface area contributed by atoms with Crippen molar-refractivity contribution in [1.29, 1.82) is 0 Å². The van der Waals surface area contributed by atoms with E-state index in [4.69, 9.17) is 0 Å². The Morgan fingerprint density at radius 3 is 1.23 bits per heavy atom. The van der Waals surface area contributed by atoms with Crippen LogP contribution in [0.15, 0.2) is 24.3 Å². The lowest BCUT2D eigenvalue weighted by molar-refractivity contribution is 1.07. The van der Waals surface area contributed by atoms with E-state index in [0.29, 0.717) is 6.71 Å². The molecule has 2 rings (SSSR count). The van der Waals surface area contributed by atoms with Crippen molar-refractivity contribution in [3.8, 4) is 0 Å². The normalized spacial score (nSPS) is 10.9. The molecule has 0 N–H and O–H groups in total. The van der Waals surface area contributed by atoms with Crippen LogP contribution in [0.2, 0.25) is 6.32 Å². The van der Waals surface area contributed by atoms with Crippen molar-refractivity contribution in [3.05, 3.63) is 57.6 Å². The van der Waals surface area contributed by atoms with Gasteiger partial charge in [0, 0.05) is 0 Å². The summed E-state index contributed by atoms with van der Waals surface area (Å²) in [7, 11) is 0. The van der Waals surface area contributed by atoms with E-state index >= 15 is 0 Å². The van der Waals surface area contributed by atoms with Gasteiger partial charge in [0.1, 0.15) is 0 Å². The zero-order chi connectivity index (χ0) is 16.4. The van der Waals surface area contributed by atoms with Crippen LogP contribution in [0.25, 0.3) is 0 Å². The van der Waals surface area contributed by atoms with Gasteiger partial charge in [-0.15, -0.1) is 0 Å². The summed E-state index contributed by atoms with van der Waals surface area (Å²) in [5.74, 6) is 0. The molecule has 116 valence electrons. The van der Waals surface area contributed by atoms with E-state index in [1.54, 1.807) is 10.9 Å². The van der Waals surface area contributed by atoms with Gasteiger partial charge in [-0.3, -0.25) is 0 Å². The molecule has 1 heteroatoms. The number of hydrogen-bond donors (Lipinski definition) is 0. The molecule has 0 radical (unpaired) electrons. The fraction of sp³-hybridized carbons (Fsp3) is 0.429. The lowest BCUT2D eigenvalue weighted by atomic mass is 9.35. The highest BCUT2D eigenvalue weighted by atomic mass is 14.1. The van der Waals surface area contributed by atoms with E-state index in [2.05, 4.69) is 72.7 Å². The summed E-state index contributed by atoms with van der Waals surface area (Å²) < 4.78 is 0. The van der Waals surface area contributed by atoms with Gasteiger partial charge in [-0.25, -0.2) is 0 Å². The van der Waals surface area contributed by atoms with Gasteiger partial charge in [0.15, 0.2) is 0 Å². The first-order chi connectivity index (χ1) is 10.3. The van der Waals surface area contributed by atoms with Crippen molar-refractivity contribution >= 4 is 17.6 Å². The van der Waals surface area contributed by atoms with Gasteiger partial charge >= 0.3 is 0 Å². The Kier molecular flexibility index (Phi) is 5.16. The molecule has 0 atom stereocenters. The molecule has 2 aromatic carbocycles. The first kappa shape index (κ1) is 16.9. The van der Waals surface area contributed by atoms with Gasteiger partial charge in [-0.2, -0.15) is 0 Å². The van der Waals surface area contributed by atoms with Gasteiger partial charge in [0.25, 0.3) is 0 Å². The number of aryl methyl sites for hydroxylation is 6. The minimum Gasteiger partial charge on any atom is -0.0684 e. The van der Waals surface area contributed by atoms with E-state index in [1.807, 2.05) is 0 Å². The minimum absolute atomic E-state index is 0.520. The third-order valence-corrected chi connectivity index (χ3v) is 4.75. The Labute approximate surface area is 137 Å². The summed E-state index contributed by atoms with van der Waals surface area (Å²) >= 11 is 0. The number of hydrogen-bond acceptors (Lipinski definition) is 0. The SMILES string of the molecule is CCCB(c1c(C)cc(C)cc1C)c1c(C)cc(C)cc1C. The summed E-state index contributed by atoms with van der Waals surface area (Å²) in [4.78, 5) is 0. The maximum absolute atomic E-state index is 2.34. The predicted molar refractivity (Wildman–Crippen MR) is 101 cm³/mol. The Morgan fingerprint density at radius 2 is 0.955 bits per heavy atom. The molecule has 0 unspecified atom stereocenters. The highest BCUT2D eigenvalue weighted by molar-refractivity contribution is 6.86. The molecule has 0 saturated heterocycles. The van der Waals surface area contributed by atoms with Crippen molar-refractivity contribution in [3.63, 3.8) is 0 Å². The summed E-state index contributed by atoms with van der Waals surface area (Å²) in [6.45, 7) is 16.3. The zero-order valence-corrected chi connectivity index (χ0v) is 15.3. The summed E-state index contributed by atoms with van der Waals surface area (Å²) in [5.41, 5.74) is 11.6. The first-order valence-corrected chi connectivity index (χ1v) is 8.50. The molecule has 0 aliphatic carbocycles. The molecule has 0 saturated carbocycles. The Morgan fingerprint density at radius 1 is 0.636 bits per heavy atom. The van der Waals surface area contributed by atoms with Gasteiger partial charge in [0.05, 0.1) is 0 Å². The second-order valence-electron chi connectivity index (χ2n) is 6.97. The van der Waals surface area contributed by atoms with Crippen LogP contribution in [0.1, 0.15) is 46.7 Å². The molecule has 2 aromatic rings. The molecule has 0 amide bonds. The fourth-order valence-electron chi connectivity index (χ4n) is 4.20. The van der Waals surface area contributed by atoms with E-state index < -0.39 is 0 Å². The highest BCUT2D eigenvalue weighted by Crippen LogP contribution is 2.15. The third kappa shape index (κ3) is 3.29. The van der Waals surface area contributed by atoms with Crippen LogP contribution in [-0.2, 0) is 0 Å². The van der Waals surface area contributed by atoms with Crippen molar-refractivity contribution in [2.24, 2.45) is 0 Å². The quantitative estimate of drug-likeness (QED) is 0.725. The zero-order valence-electron chi connectivity index (χ0n) is 15.3. The average molecular weight is 292 g/mol. The predicted octanol–water partition coefficient (Wildman–Crippen LogP) is 4.56. The topological polar surface area (TPSA) is 0 Å². The largest absolute Gasteiger partial charge is 0.210 e. The van der Waals surface area contributed by atoms with Crippen molar-refractivity contribution < 1.29 is 0 Å². The van der Waals surface area contributed by atoms with Gasteiger partial charge in [-0.1, -0.05) is 88.2 Å². The maximum atomic E-state index is 2.34. The van der Waals surface area contributed by atoms with Crippen molar-refractivity contribution in [2.45, 2.75) is 61.2 Å². The van der Waals surface area contributed by atoms with Crippen LogP contribution < -0.4 is 10.9 Å². The molecular weight excluding hydrogens is 263 g/mol. The van der Waals surface area contributed by atoms with E-state index in [0.717, 1.165) is 0 Å². The number of benzene rings is 2. The number of rotatable bonds is 4. The highest BCUT2D eigenvalue weighted by Gasteiger charge is 2.25. The van der Waals surface area contributed by atoms with Crippen LogP contribution in [0.3, 0.4) is 0 Å². The second-order valence-corrected chi connectivity index (χ2v) is 6.97. The third-order valence-electron chi connectivity index (χ3n) is 4.75. The summed E-state index contributed by atoms with van der Waals surface area (Å²) in [6.07, 6.45) is 2.43. The first-order valence-electron chi connectivity index (χ1n) is 8.50. The lowest BCUT2D eigenvalue weighted by Gasteiger charge is -2.23. The maximum Gasteiger partial charge on any atom is 0.210 e. The van der Waals surface area contributed by atoms with Crippen LogP contribution in [0, 0.1) is 41.5 Å². The molecule has 0 nitrogen and oxygen atoms in total. The van der Waals surface area contributed by atoms with Crippen molar-refractivity contribution in [1.82, 2.24) is 0 Å². The Bertz CT molecular complexity index is 579. The van der Waals surface area contributed by atoms with Crippen LogP contribution in [0.4, 0.5) is 0 Å². The standard InChI is InChI=1S/C21H29B/c1-8-9-22(20-16(4)10-14(2)11-17(20)5)21-18(6)12-15(3)13-19(21)7/h10-13H,8-9H2,1-7H3. The molecule has 22 heavy (non-hydrogen) atoms. The lowest BCUT2D eigenvalue weighted by Crippen LogP contribution is -2.47. The van der Waals surface area contributed by atoms with E-state index in [9.17, 15) is 0 Å².